The van der Waals surface area contributed by atoms with Gasteiger partial charge in [0.15, 0.2) is 0 Å². The fraction of sp³-hybridized carbons (Fsp3) is 0. The van der Waals surface area contributed by atoms with Gasteiger partial charge in [-0.05, 0) is 0 Å². The molecule has 44 valence electrons. The smallest absolute Gasteiger partial charge is 0.290 e. The van der Waals surface area contributed by atoms with E-state index in [1.807, 2.05) is 0 Å². The number of carboxylic acid groups (broad SMARTS) is 1. The molecule has 5 heteroatoms. The van der Waals surface area contributed by atoms with Crippen LogP contribution in [0.2, 0.25) is 0 Å². The maximum absolute atomic E-state index is 8.36. The van der Waals surface area contributed by atoms with Crippen LogP contribution in [0.25, 0.3) is 0 Å². The van der Waals surface area contributed by atoms with Crippen molar-refractivity contribution in [2.24, 2.45) is 0 Å². The van der Waals surface area contributed by atoms with Gasteiger partial charge in [0.25, 0.3) is 6.47 Å². The Morgan fingerprint density at radius 1 is 1.75 bits per heavy atom. The Kier molecular flexibility index (Phi) is 4.64. The van der Waals surface area contributed by atoms with Crippen LogP contribution in [0.1, 0.15) is 0 Å². The topological polar surface area (TPSA) is 76.2 Å². The molecule has 5 nitrogen and oxygen atoms in total. The summed E-state index contributed by atoms with van der Waals surface area (Å²) in [5.74, 6) is 0. The Morgan fingerprint density at radius 2 is 2.38 bits per heavy atom. The first-order valence-electron chi connectivity index (χ1n) is 1.70. The number of nitrogens with zero attached hydrogens (tertiary/aromatic N) is 2. The first kappa shape index (κ1) is 6.61. The molecule has 8 heavy (non-hydrogen) atoms. The SMILES string of the molecule is O=CO.c1conn1. The molecule has 1 rings (SSSR count). The van der Waals surface area contributed by atoms with Crippen LogP contribution >= 0.6 is 0 Å². The quantitative estimate of drug-likeness (QED) is 0.474. The second-order valence-electron chi connectivity index (χ2n) is 0.693. The van der Waals surface area contributed by atoms with Crippen molar-refractivity contribution in [1.82, 2.24) is 10.4 Å². The molecular weight excluding hydrogens is 112 g/mol. The summed E-state index contributed by atoms with van der Waals surface area (Å²) in [6.45, 7) is -0.250. The van der Waals surface area contributed by atoms with E-state index in [1.165, 1.54) is 12.5 Å². The van der Waals surface area contributed by atoms with Gasteiger partial charge in [-0.3, -0.25) is 4.79 Å². The average molecular weight is 116 g/mol. The molecule has 0 amide bonds. The molecule has 0 aromatic carbocycles. The van der Waals surface area contributed by atoms with Crippen LogP contribution in [0, 0.1) is 0 Å². The molecule has 0 aliphatic heterocycles. The molecule has 0 saturated heterocycles. The lowest BCUT2D eigenvalue weighted by Gasteiger charge is -1.45. The van der Waals surface area contributed by atoms with Crippen molar-refractivity contribution in [3.63, 3.8) is 0 Å². The lowest BCUT2D eigenvalue weighted by Crippen LogP contribution is -1.53. The van der Waals surface area contributed by atoms with Crippen molar-refractivity contribution in [2.45, 2.75) is 0 Å². The van der Waals surface area contributed by atoms with Crippen molar-refractivity contribution in [3.05, 3.63) is 12.5 Å². The van der Waals surface area contributed by atoms with Crippen LogP contribution in [-0.4, -0.2) is 21.9 Å². The molecule has 0 radical (unpaired) electrons. The zero-order valence-electron chi connectivity index (χ0n) is 3.89. The van der Waals surface area contributed by atoms with Crippen molar-refractivity contribution in [1.29, 1.82) is 0 Å². The van der Waals surface area contributed by atoms with Crippen molar-refractivity contribution >= 4 is 6.47 Å². The Bertz CT molecular complexity index is 98.9. The van der Waals surface area contributed by atoms with E-state index in [4.69, 9.17) is 9.90 Å². The van der Waals surface area contributed by atoms with E-state index in [1.54, 1.807) is 0 Å². The number of hydrogen-bond acceptors (Lipinski definition) is 4. The van der Waals surface area contributed by atoms with Crippen LogP contribution in [0.5, 0.6) is 0 Å². The van der Waals surface area contributed by atoms with E-state index >= 15 is 0 Å². The molecule has 0 aliphatic carbocycles. The molecule has 0 aliphatic rings. The normalized spacial score (nSPS) is 6.50. The second kappa shape index (κ2) is 5.61. The molecule has 1 heterocycles. The van der Waals surface area contributed by atoms with Gasteiger partial charge in [0.1, 0.15) is 6.26 Å². The molecule has 0 unspecified atom stereocenters. The molecule has 1 aromatic heterocycles. The first-order valence-corrected chi connectivity index (χ1v) is 1.70. The summed E-state index contributed by atoms with van der Waals surface area (Å²) < 4.78 is 4.22. The van der Waals surface area contributed by atoms with Gasteiger partial charge in [-0.1, -0.05) is 0 Å². The van der Waals surface area contributed by atoms with E-state index in [0.29, 0.717) is 0 Å². The van der Waals surface area contributed by atoms with E-state index in [-0.39, 0.29) is 6.47 Å². The van der Waals surface area contributed by atoms with Crippen LogP contribution in [0.4, 0.5) is 0 Å². The molecule has 0 bridgehead atoms. The predicted octanol–water partition coefficient (Wildman–Crippen LogP) is -0.230. The van der Waals surface area contributed by atoms with E-state index < -0.39 is 0 Å². The number of aromatic nitrogens is 2. The molecule has 0 saturated carbocycles. The third kappa shape index (κ3) is 4.61. The van der Waals surface area contributed by atoms with Crippen molar-refractivity contribution in [2.75, 3.05) is 0 Å². The summed E-state index contributed by atoms with van der Waals surface area (Å²) in [6, 6.07) is 0. The van der Waals surface area contributed by atoms with Crippen LogP contribution in [-0.2, 0) is 4.79 Å². The molecule has 0 fully saturated rings. The van der Waals surface area contributed by atoms with Gasteiger partial charge < -0.3 is 9.63 Å². The predicted molar refractivity (Wildman–Crippen MR) is 23.0 cm³/mol. The van der Waals surface area contributed by atoms with Gasteiger partial charge in [-0.15, -0.1) is 5.10 Å². The number of rotatable bonds is 0. The van der Waals surface area contributed by atoms with E-state index in [9.17, 15) is 0 Å². The maximum Gasteiger partial charge on any atom is 0.290 e. The highest BCUT2D eigenvalue weighted by atomic mass is 16.5. The Labute approximate surface area is 44.9 Å². The Hall–Kier alpha value is -1.39. The fourth-order valence-electron chi connectivity index (χ4n) is 0.136. The average Bonchev–Trinajstić information content (AvgIpc) is 2.17. The summed E-state index contributed by atoms with van der Waals surface area (Å²) in [6.07, 6.45) is 2.88. The second-order valence-corrected chi connectivity index (χ2v) is 0.693. The molecular formula is C3H4N2O3. The van der Waals surface area contributed by atoms with Crippen LogP contribution in [0.15, 0.2) is 17.0 Å². The molecule has 0 atom stereocenters. The fourth-order valence-corrected chi connectivity index (χ4v) is 0.136. The van der Waals surface area contributed by atoms with Gasteiger partial charge in [-0.25, -0.2) is 0 Å². The standard InChI is InChI=1S/C2H2N2O.CH2O2/c1-2-5-4-3-1;2-1-3/h1-2H;1H,(H,2,3). The van der Waals surface area contributed by atoms with Crippen LogP contribution in [0.3, 0.4) is 0 Å². The molecule has 0 spiro atoms. The zero-order valence-corrected chi connectivity index (χ0v) is 3.89. The van der Waals surface area contributed by atoms with Crippen LogP contribution < -0.4 is 0 Å². The summed E-state index contributed by atoms with van der Waals surface area (Å²) in [7, 11) is 0. The minimum Gasteiger partial charge on any atom is -0.483 e. The highest BCUT2D eigenvalue weighted by molar-refractivity contribution is 5.32. The zero-order chi connectivity index (χ0) is 6.24. The number of hydrogen-bond donors (Lipinski definition) is 1. The van der Waals surface area contributed by atoms with Gasteiger partial charge in [-0.2, -0.15) is 0 Å². The largest absolute Gasteiger partial charge is 0.483 e. The lowest BCUT2D eigenvalue weighted by atomic mass is 11.0. The Morgan fingerprint density at radius 3 is 2.50 bits per heavy atom. The minimum absolute atomic E-state index is 0.250. The summed E-state index contributed by atoms with van der Waals surface area (Å²) >= 11 is 0. The van der Waals surface area contributed by atoms with Gasteiger partial charge in [0, 0.05) is 5.27 Å². The monoisotopic (exact) mass is 116 g/mol. The summed E-state index contributed by atoms with van der Waals surface area (Å²) in [4.78, 5) is 8.36. The van der Waals surface area contributed by atoms with E-state index in [0.717, 1.165) is 0 Å². The highest BCUT2D eigenvalue weighted by Gasteiger charge is 1.61. The summed E-state index contributed by atoms with van der Waals surface area (Å²) in [5.41, 5.74) is 0. The van der Waals surface area contributed by atoms with Gasteiger partial charge >= 0.3 is 0 Å². The van der Waals surface area contributed by atoms with Gasteiger partial charge in [0.05, 0.1) is 6.20 Å². The van der Waals surface area contributed by atoms with Gasteiger partial charge in [0.2, 0.25) is 0 Å². The maximum atomic E-state index is 8.36. The number of carbonyl (C=O) groups is 1. The third-order valence-electron chi connectivity index (χ3n) is 0.283. The molecule has 1 N–H and O–H groups in total. The van der Waals surface area contributed by atoms with Crippen molar-refractivity contribution in [3.8, 4) is 0 Å². The van der Waals surface area contributed by atoms with Crippen molar-refractivity contribution < 1.29 is 14.4 Å². The van der Waals surface area contributed by atoms with E-state index in [2.05, 4.69) is 14.9 Å². The Balaban J connectivity index is 0.000000145. The lowest BCUT2D eigenvalue weighted by molar-refractivity contribution is -0.122. The molecule has 1 aromatic rings. The highest BCUT2D eigenvalue weighted by Crippen LogP contribution is 1.64. The third-order valence-corrected chi connectivity index (χ3v) is 0.283. The first-order chi connectivity index (χ1) is 3.91. The minimum atomic E-state index is -0.250. The summed E-state index contributed by atoms with van der Waals surface area (Å²) in [5, 5.41) is 13.3.